The molecule has 76 valence electrons. The highest BCUT2D eigenvalue weighted by molar-refractivity contribution is 8.13. The fraction of sp³-hybridized carbons (Fsp3) is 0.143. The van der Waals surface area contributed by atoms with E-state index in [0.29, 0.717) is 11.5 Å². The third-order valence-corrected chi connectivity index (χ3v) is 3.48. The van der Waals surface area contributed by atoms with Crippen molar-refractivity contribution in [2.24, 2.45) is 0 Å². The summed E-state index contributed by atoms with van der Waals surface area (Å²) in [5.41, 5.74) is 0. The molecule has 0 unspecified atom stereocenters. The Morgan fingerprint density at radius 3 is 2.36 bits per heavy atom. The zero-order chi connectivity index (χ0) is 10.3. The van der Waals surface area contributed by atoms with E-state index in [1.807, 2.05) is 0 Å². The Balaban J connectivity index is 2.65. The summed E-state index contributed by atoms with van der Waals surface area (Å²) in [5.74, 6) is 0.743. The van der Waals surface area contributed by atoms with E-state index in [9.17, 15) is 8.42 Å². The normalized spacial score (nSPS) is 14.4. The van der Waals surface area contributed by atoms with Gasteiger partial charge in [0, 0.05) is 22.8 Å². The molecule has 2 rings (SSSR count). The van der Waals surface area contributed by atoms with Crippen LogP contribution in [-0.2, 0) is 9.05 Å². The highest BCUT2D eigenvalue weighted by Crippen LogP contribution is 2.39. The van der Waals surface area contributed by atoms with E-state index in [2.05, 4.69) is 0 Å². The molecule has 0 N–H and O–H groups in total. The second-order valence-electron chi connectivity index (χ2n) is 2.57. The molecule has 1 aromatic carbocycles. The molecule has 4 nitrogen and oxygen atoms in total. The second kappa shape index (κ2) is 3.18. The maximum Gasteiger partial charge on any atom is 0.262 e. The lowest BCUT2D eigenvalue weighted by Gasteiger charge is -2.01. The maximum absolute atomic E-state index is 11.0. The number of benzene rings is 1. The van der Waals surface area contributed by atoms with Gasteiger partial charge in [-0.2, -0.15) is 0 Å². The van der Waals surface area contributed by atoms with Crippen molar-refractivity contribution in [3.63, 3.8) is 0 Å². The molecule has 0 atom stereocenters. The van der Waals surface area contributed by atoms with Gasteiger partial charge in [-0.1, -0.05) is 11.6 Å². The van der Waals surface area contributed by atoms with E-state index >= 15 is 0 Å². The van der Waals surface area contributed by atoms with E-state index in [1.165, 1.54) is 12.1 Å². The molecule has 0 radical (unpaired) electrons. The topological polar surface area (TPSA) is 52.6 Å². The van der Waals surface area contributed by atoms with E-state index in [4.69, 9.17) is 31.8 Å². The van der Waals surface area contributed by atoms with Crippen molar-refractivity contribution in [2.45, 2.75) is 4.90 Å². The molecule has 1 aliphatic heterocycles. The molecule has 0 aliphatic carbocycles. The molecule has 0 spiro atoms. The number of hydrogen-bond donors (Lipinski definition) is 0. The highest BCUT2D eigenvalue weighted by Gasteiger charge is 2.22. The third kappa shape index (κ3) is 1.63. The van der Waals surface area contributed by atoms with Crippen LogP contribution in [0.1, 0.15) is 0 Å². The van der Waals surface area contributed by atoms with Crippen molar-refractivity contribution in [2.75, 3.05) is 6.79 Å². The van der Waals surface area contributed by atoms with Crippen molar-refractivity contribution in [3.05, 3.63) is 17.2 Å². The molecule has 14 heavy (non-hydrogen) atoms. The van der Waals surface area contributed by atoms with E-state index in [0.717, 1.165) is 0 Å². The van der Waals surface area contributed by atoms with Crippen LogP contribution < -0.4 is 9.47 Å². The predicted octanol–water partition coefficient (Wildman–Crippen LogP) is 2.00. The smallest absolute Gasteiger partial charge is 0.262 e. The van der Waals surface area contributed by atoms with Gasteiger partial charge in [0.1, 0.15) is 4.90 Å². The lowest BCUT2D eigenvalue weighted by atomic mass is 10.3. The van der Waals surface area contributed by atoms with Crippen molar-refractivity contribution in [1.29, 1.82) is 0 Å². The van der Waals surface area contributed by atoms with Crippen molar-refractivity contribution in [3.8, 4) is 11.5 Å². The molecule has 1 aliphatic rings. The molecular weight excluding hydrogens is 251 g/mol. The number of hydrogen-bond acceptors (Lipinski definition) is 4. The first-order valence-electron chi connectivity index (χ1n) is 3.52. The van der Waals surface area contributed by atoms with Gasteiger partial charge in [-0.25, -0.2) is 8.42 Å². The fourth-order valence-electron chi connectivity index (χ4n) is 1.09. The van der Waals surface area contributed by atoms with Gasteiger partial charge in [0.2, 0.25) is 6.79 Å². The van der Waals surface area contributed by atoms with Gasteiger partial charge in [-0.3, -0.25) is 0 Å². The molecule has 0 saturated carbocycles. The summed E-state index contributed by atoms with van der Waals surface area (Å²) in [6.07, 6.45) is 0. The van der Waals surface area contributed by atoms with Crippen molar-refractivity contribution < 1.29 is 17.9 Å². The Hall–Kier alpha value is -0.650. The van der Waals surface area contributed by atoms with E-state index < -0.39 is 9.05 Å². The van der Waals surface area contributed by atoms with Crippen LogP contribution in [0, 0.1) is 0 Å². The van der Waals surface area contributed by atoms with Crippen LogP contribution >= 0.6 is 22.3 Å². The largest absolute Gasteiger partial charge is 0.454 e. The van der Waals surface area contributed by atoms with Crippen LogP contribution in [0.5, 0.6) is 11.5 Å². The number of fused-ring (bicyclic) bond motifs is 1. The van der Waals surface area contributed by atoms with Gasteiger partial charge in [0.25, 0.3) is 9.05 Å². The highest BCUT2D eigenvalue weighted by atomic mass is 35.7. The van der Waals surface area contributed by atoms with Gasteiger partial charge in [0.15, 0.2) is 11.5 Å². The first kappa shape index (κ1) is 9.89. The third-order valence-electron chi connectivity index (χ3n) is 1.69. The van der Waals surface area contributed by atoms with E-state index in [1.54, 1.807) is 0 Å². The van der Waals surface area contributed by atoms with Crippen LogP contribution in [-0.4, -0.2) is 15.2 Å². The summed E-state index contributed by atoms with van der Waals surface area (Å²) in [6.45, 7) is 0.0530. The first-order valence-corrected chi connectivity index (χ1v) is 6.21. The Morgan fingerprint density at radius 1 is 1.21 bits per heavy atom. The van der Waals surface area contributed by atoms with Gasteiger partial charge >= 0.3 is 0 Å². The maximum atomic E-state index is 11.0. The second-order valence-corrected chi connectivity index (χ2v) is 5.52. The van der Waals surface area contributed by atoms with Crippen LogP contribution in [0.15, 0.2) is 17.0 Å². The van der Waals surface area contributed by atoms with Gasteiger partial charge in [-0.05, 0) is 0 Å². The lowest BCUT2D eigenvalue weighted by molar-refractivity contribution is 0.174. The van der Waals surface area contributed by atoms with Crippen molar-refractivity contribution in [1.82, 2.24) is 0 Å². The summed E-state index contributed by atoms with van der Waals surface area (Å²) in [5, 5.41) is 0.0178. The molecule has 1 heterocycles. The van der Waals surface area contributed by atoms with Crippen LogP contribution in [0.4, 0.5) is 0 Å². The average Bonchev–Trinajstić information content (AvgIpc) is 2.47. The Labute approximate surface area is 89.8 Å². The molecule has 0 aromatic heterocycles. The van der Waals surface area contributed by atoms with Crippen LogP contribution in [0.25, 0.3) is 0 Å². The van der Waals surface area contributed by atoms with Gasteiger partial charge < -0.3 is 9.47 Å². The summed E-state index contributed by atoms with van der Waals surface area (Å²) < 4.78 is 32.1. The van der Waals surface area contributed by atoms with E-state index in [-0.39, 0.29) is 16.7 Å². The summed E-state index contributed by atoms with van der Waals surface area (Å²) >= 11 is 5.69. The standard InChI is InChI=1S/C7H4Cl2O4S/c8-4-1-5-6(13-3-12-5)2-7(4)14(9,10)11/h1-2H,3H2. The monoisotopic (exact) mass is 254 g/mol. The van der Waals surface area contributed by atoms with Gasteiger partial charge in [0.05, 0.1) is 5.02 Å². The van der Waals surface area contributed by atoms with Crippen LogP contribution in [0.2, 0.25) is 5.02 Å². The molecular formula is C7H4Cl2O4S. The molecule has 0 saturated heterocycles. The Morgan fingerprint density at radius 2 is 1.79 bits per heavy atom. The zero-order valence-electron chi connectivity index (χ0n) is 6.66. The predicted molar refractivity (Wildman–Crippen MR) is 50.6 cm³/mol. The summed E-state index contributed by atoms with van der Waals surface area (Å²) in [4.78, 5) is -0.176. The fourth-order valence-corrected chi connectivity index (χ4v) is 2.58. The first-order chi connectivity index (χ1) is 6.48. The SMILES string of the molecule is O=S(=O)(Cl)c1cc2c(cc1Cl)OCO2. The minimum Gasteiger partial charge on any atom is -0.454 e. The number of ether oxygens (including phenoxy) is 2. The quantitative estimate of drug-likeness (QED) is 0.720. The lowest BCUT2D eigenvalue weighted by Crippen LogP contribution is -1.93. The Bertz CT molecular complexity index is 483. The molecule has 1 aromatic rings. The number of rotatable bonds is 1. The van der Waals surface area contributed by atoms with Crippen LogP contribution in [0.3, 0.4) is 0 Å². The molecule has 0 fully saturated rings. The zero-order valence-corrected chi connectivity index (χ0v) is 8.99. The summed E-state index contributed by atoms with van der Waals surface area (Å²) in [7, 11) is 1.31. The molecule has 7 heteroatoms. The van der Waals surface area contributed by atoms with Gasteiger partial charge in [-0.15, -0.1) is 0 Å². The molecule has 0 amide bonds. The minimum atomic E-state index is -3.85. The average molecular weight is 255 g/mol. The minimum absolute atomic E-state index is 0.0178. The van der Waals surface area contributed by atoms with Crippen molar-refractivity contribution >= 4 is 31.3 Å². The summed E-state index contributed by atoms with van der Waals surface area (Å²) in [6, 6.07) is 2.60. The molecule has 0 bridgehead atoms. The Kier molecular flexibility index (Phi) is 2.25. The number of halogens is 2.